The highest BCUT2D eigenvalue weighted by Crippen LogP contribution is 2.44. The minimum absolute atomic E-state index is 0.195. The Morgan fingerprint density at radius 1 is 1.28 bits per heavy atom. The highest BCUT2D eigenvalue weighted by atomic mass is 16.5. The summed E-state index contributed by atoms with van der Waals surface area (Å²) in [6.45, 7) is 10.3. The maximum absolute atomic E-state index is 12.9. The van der Waals surface area contributed by atoms with Gasteiger partial charge in [-0.05, 0) is 57.1 Å². The molecule has 2 aliphatic heterocycles. The third-order valence-electron chi connectivity index (χ3n) is 6.16. The zero-order chi connectivity index (χ0) is 18.0. The molecule has 0 saturated carbocycles. The molecule has 4 nitrogen and oxygen atoms in total. The summed E-state index contributed by atoms with van der Waals surface area (Å²) in [7, 11) is 1.80. The van der Waals surface area contributed by atoms with Crippen molar-refractivity contribution < 1.29 is 9.53 Å². The van der Waals surface area contributed by atoms with E-state index in [1.165, 1.54) is 6.42 Å². The van der Waals surface area contributed by atoms with Crippen molar-refractivity contribution in [3.63, 3.8) is 0 Å². The van der Waals surface area contributed by atoms with E-state index in [-0.39, 0.29) is 5.91 Å². The molecule has 2 saturated heterocycles. The Morgan fingerprint density at radius 3 is 2.56 bits per heavy atom. The van der Waals surface area contributed by atoms with Crippen molar-refractivity contribution in [1.29, 1.82) is 0 Å². The summed E-state index contributed by atoms with van der Waals surface area (Å²) >= 11 is 0. The number of benzene rings is 1. The molecule has 1 amide bonds. The van der Waals surface area contributed by atoms with Crippen molar-refractivity contribution in [3.8, 4) is 0 Å². The van der Waals surface area contributed by atoms with E-state index in [1.807, 2.05) is 31.2 Å². The first kappa shape index (κ1) is 18.4. The van der Waals surface area contributed by atoms with Crippen molar-refractivity contribution in [2.45, 2.75) is 52.1 Å². The van der Waals surface area contributed by atoms with E-state index >= 15 is 0 Å². The number of hydrogen-bond donors (Lipinski definition) is 0. The molecule has 2 fully saturated rings. The monoisotopic (exact) mass is 344 g/mol. The summed E-state index contributed by atoms with van der Waals surface area (Å²) < 4.78 is 5.46. The second-order valence-electron chi connectivity index (χ2n) is 8.19. The zero-order valence-electron chi connectivity index (χ0n) is 16.1. The molecular weight excluding hydrogens is 312 g/mol. The molecule has 0 radical (unpaired) electrons. The molecule has 2 aliphatic rings. The number of piperidine rings is 1. The molecule has 0 aliphatic carbocycles. The Balaban J connectivity index is 1.65. The van der Waals surface area contributed by atoms with E-state index in [2.05, 4.69) is 23.6 Å². The number of ether oxygens (including phenoxy) is 1. The lowest BCUT2D eigenvalue weighted by molar-refractivity contribution is 0.0581. The van der Waals surface area contributed by atoms with Crippen LogP contribution in [0.5, 0.6) is 0 Å². The van der Waals surface area contributed by atoms with Crippen molar-refractivity contribution in [3.05, 3.63) is 35.4 Å². The molecule has 1 aromatic rings. The number of nitrogens with zero attached hydrogens (tertiary/aromatic N) is 2. The van der Waals surface area contributed by atoms with Gasteiger partial charge in [0.2, 0.25) is 0 Å². The van der Waals surface area contributed by atoms with E-state index in [9.17, 15) is 4.79 Å². The van der Waals surface area contributed by atoms with Gasteiger partial charge in [-0.2, -0.15) is 0 Å². The SMILES string of the molecule is COC[C@@H]1CC2(CCN(C(=O)c3ccccc3C)CC2)CN1C(C)C. The number of amides is 1. The maximum atomic E-state index is 12.9. The predicted octanol–water partition coefficient (Wildman–Crippen LogP) is 3.35. The third-order valence-corrected chi connectivity index (χ3v) is 6.16. The summed E-state index contributed by atoms with van der Waals surface area (Å²) in [5.74, 6) is 0.195. The molecule has 1 atom stereocenters. The molecule has 0 N–H and O–H groups in total. The van der Waals surface area contributed by atoms with Gasteiger partial charge in [0.1, 0.15) is 0 Å². The number of hydrogen-bond acceptors (Lipinski definition) is 3. The predicted molar refractivity (Wildman–Crippen MR) is 101 cm³/mol. The molecule has 138 valence electrons. The van der Waals surface area contributed by atoms with Crippen LogP contribution in [0.2, 0.25) is 0 Å². The highest BCUT2D eigenvalue weighted by Gasteiger charge is 2.46. The van der Waals surface area contributed by atoms with Gasteiger partial charge >= 0.3 is 0 Å². The Labute approximate surface area is 152 Å². The Bertz CT molecular complexity index is 606. The van der Waals surface area contributed by atoms with Crippen LogP contribution in [0.25, 0.3) is 0 Å². The van der Waals surface area contributed by atoms with Gasteiger partial charge in [0.05, 0.1) is 6.61 Å². The molecule has 3 rings (SSSR count). The Kier molecular flexibility index (Phi) is 5.49. The Hall–Kier alpha value is -1.39. The van der Waals surface area contributed by atoms with Crippen LogP contribution in [0.1, 0.15) is 49.0 Å². The molecule has 0 bridgehead atoms. The second kappa shape index (κ2) is 7.46. The average Bonchev–Trinajstić information content (AvgIpc) is 2.94. The first-order chi connectivity index (χ1) is 12.0. The summed E-state index contributed by atoms with van der Waals surface area (Å²) in [6, 6.07) is 8.98. The largest absolute Gasteiger partial charge is 0.383 e. The summed E-state index contributed by atoms with van der Waals surface area (Å²) in [4.78, 5) is 17.5. The van der Waals surface area contributed by atoms with Gasteiger partial charge in [-0.1, -0.05) is 18.2 Å². The third kappa shape index (κ3) is 3.75. The lowest BCUT2D eigenvalue weighted by Gasteiger charge is -2.40. The lowest BCUT2D eigenvalue weighted by Crippen LogP contribution is -2.45. The van der Waals surface area contributed by atoms with Crippen LogP contribution in [0.15, 0.2) is 24.3 Å². The summed E-state index contributed by atoms with van der Waals surface area (Å²) in [5.41, 5.74) is 2.28. The van der Waals surface area contributed by atoms with Crippen molar-refractivity contribution >= 4 is 5.91 Å². The van der Waals surface area contributed by atoms with Crippen molar-refractivity contribution in [2.75, 3.05) is 33.4 Å². The molecule has 4 heteroatoms. The highest BCUT2D eigenvalue weighted by molar-refractivity contribution is 5.95. The fraction of sp³-hybridized carbons (Fsp3) is 0.667. The van der Waals surface area contributed by atoms with Crippen molar-refractivity contribution in [2.24, 2.45) is 5.41 Å². The van der Waals surface area contributed by atoms with Crippen LogP contribution in [0, 0.1) is 12.3 Å². The van der Waals surface area contributed by atoms with Gasteiger partial charge in [0.15, 0.2) is 0 Å². The number of carbonyl (C=O) groups excluding carboxylic acids is 1. The van der Waals surface area contributed by atoms with Gasteiger partial charge in [0, 0.05) is 44.4 Å². The standard InChI is InChI=1S/C21H32N2O2/c1-16(2)23-15-21(13-18(23)14-25-4)9-11-22(12-10-21)20(24)19-8-6-5-7-17(19)3/h5-8,16,18H,9-15H2,1-4H3/t18-/m0/s1. The van der Waals surface area contributed by atoms with E-state index in [0.717, 1.165) is 50.2 Å². The number of methoxy groups -OCH3 is 1. The normalized spacial score (nSPS) is 23.6. The van der Waals surface area contributed by atoms with Crippen LogP contribution in [-0.2, 0) is 4.74 Å². The van der Waals surface area contributed by atoms with Crippen LogP contribution in [0.4, 0.5) is 0 Å². The van der Waals surface area contributed by atoms with E-state index in [0.29, 0.717) is 17.5 Å². The van der Waals surface area contributed by atoms with Gasteiger partial charge in [-0.25, -0.2) is 0 Å². The van der Waals surface area contributed by atoms with E-state index in [4.69, 9.17) is 4.74 Å². The summed E-state index contributed by atoms with van der Waals surface area (Å²) in [6.07, 6.45) is 3.41. The fourth-order valence-electron chi connectivity index (χ4n) is 4.68. The van der Waals surface area contributed by atoms with Crippen LogP contribution < -0.4 is 0 Å². The molecular formula is C21H32N2O2. The van der Waals surface area contributed by atoms with Crippen LogP contribution >= 0.6 is 0 Å². The quantitative estimate of drug-likeness (QED) is 0.840. The molecule has 0 unspecified atom stereocenters. The van der Waals surface area contributed by atoms with Gasteiger partial charge in [-0.15, -0.1) is 0 Å². The fourth-order valence-corrected chi connectivity index (χ4v) is 4.68. The lowest BCUT2D eigenvalue weighted by atomic mass is 9.76. The number of carbonyl (C=O) groups is 1. The molecule has 1 spiro atoms. The van der Waals surface area contributed by atoms with Gasteiger partial charge < -0.3 is 9.64 Å². The van der Waals surface area contributed by atoms with E-state index < -0.39 is 0 Å². The number of aryl methyl sites for hydroxylation is 1. The number of likely N-dealkylation sites (tertiary alicyclic amines) is 2. The van der Waals surface area contributed by atoms with Crippen LogP contribution in [0.3, 0.4) is 0 Å². The van der Waals surface area contributed by atoms with Gasteiger partial charge in [0.25, 0.3) is 5.91 Å². The van der Waals surface area contributed by atoms with Gasteiger partial charge in [-0.3, -0.25) is 9.69 Å². The topological polar surface area (TPSA) is 32.8 Å². The molecule has 2 heterocycles. The smallest absolute Gasteiger partial charge is 0.254 e. The van der Waals surface area contributed by atoms with E-state index in [1.54, 1.807) is 7.11 Å². The molecule has 0 aromatic heterocycles. The molecule has 25 heavy (non-hydrogen) atoms. The molecule has 1 aromatic carbocycles. The van der Waals surface area contributed by atoms with Crippen molar-refractivity contribution in [1.82, 2.24) is 9.80 Å². The summed E-state index contributed by atoms with van der Waals surface area (Å²) in [5, 5.41) is 0. The minimum atomic E-state index is 0.195. The first-order valence-corrected chi connectivity index (χ1v) is 9.55. The number of rotatable bonds is 4. The Morgan fingerprint density at radius 2 is 1.96 bits per heavy atom. The average molecular weight is 344 g/mol. The first-order valence-electron chi connectivity index (χ1n) is 9.55. The van der Waals surface area contributed by atoms with Crippen LogP contribution in [-0.4, -0.2) is 61.1 Å². The minimum Gasteiger partial charge on any atom is -0.383 e. The maximum Gasteiger partial charge on any atom is 0.254 e. The zero-order valence-corrected chi connectivity index (χ0v) is 16.1. The second-order valence-corrected chi connectivity index (χ2v) is 8.19.